The molecule has 0 aromatic rings. The van der Waals surface area contributed by atoms with Crippen molar-refractivity contribution in [2.24, 2.45) is 0 Å². The van der Waals surface area contributed by atoms with Crippen molar-refractivity contribution in [1.82, 2.24) is 10.6 Å². The zero-order chi connectivity index (χ0) is 11.3. The Morgan fingerprint density at radius 1 is 1.47 bits per heavy atom. The molecule has 1 rings (SSSR count). The monoisotopic (exact) mass is 232 g/mol. The third-order valence-electron chi connectivity index (χ3n) is 2.23. The number of nitrogens with one attached hydrogen (secondary N) is 2. The van der Waals surface area contributed by atoms with Crippen LogP contribution in [0.1, 0.15) is 32.6 Å². The van der Waals surface area contributed by atoms with Crippen LogP contribution >= 0.6 is 11.6 Å². The van der Waals surface area contributed by atoms with E-state index in [-0.39, 0.29) is 11.8 Å². The highest BCUT2D eigenvalue weighted by molar-refractivity contribution is 6.17. The summed E-state index contributed by atoms with van der Waals surface area (Å²) in [5.41, 5.74) is 0. The Morgan fingerprint density at radius 3 is 2.67 bits per heavy atom. The molecule has 1 atom stereocenters. The summed E-state index contributed by atoms with van der Waals surface area (Å²) in [7, 11) is 0. The number of hydrogen-bond donors (Lipinski definition) is 2. The molecule has 5 heteroatoms. The van der Waals surface area contributed by atoms with E-state index in [1.54, 1.807) is 6.92 Å². The number of alkyl halides is 1. The van der Waals surface area contributed by atoms with Crippen LogP contribution in [0.25, 0.3) is 0 Å². The molecular formula is C10H17ClN2O2. The second-order valence-electron chi connectivity index (χ2n) is 3.86. The van der Waals surface area contributed by atoms with E-state index >= 15 is 0 Å². The fourth-order valence-corrected chi connectivity index (χ4v) is 1.29. The predicted molar refractivity (Wildman–Crippen MR) is 58.7 cm³/mol. The van der Waals surface area contributed by atoms with Crippen molar-refractivity contribution in [2.45, 2.75) is 44.7 Å². The summed E-state index contributed by atoms with van der Waals surface area (Å²) in [6, 6.07) is -0.117. The summed E-state index contributed by atoms with van der Waals surface area (Å²) in [6.45, 7) is 1.69. The van der Waals surface area contributed by atoms with Crippen LogP contribution in [-0.4, -0.2) is 29.8 Å². The van der Waals surface area contributed by atoms with Crippen molar-refractivity contribution in [2.75, 3.05) is 5.88 Å². The number of carbonyl (C=O) groups excluding carboxylic acids is 2. The van der Waals surface area contributed by atoms with Crippen LogP contribution in [0.5, 0.6) is 0 Å². The van der Waals surface area contributed by atoms with Gasteiger partial charge in [-0.3, -0.25) is 9.59 Å². The molecule has 0 aromatic heterocycles. The van der Waals surface area contributed by atoms with Gasteiger partial charge in [0.1, 0.15) is 6.04 Å². The van der Waals surface area contributed by atoms with Gasteiger partial charge in [-0.2, -0.15) is 0 Å². The largest absolute Gasteiger partial charge is 0.352 e. The molecule has 0 bridgehead atoms. The summed E-state index contributed by atoms with van der Waals surface area (Å²) in [5.74, 6) is 0.251. The van der Waals surface area contributed by atoms with Gasteiger partial charge in [0.05, 0.1) is 0 Å². The van der Waals surface area contributed by atoms with Gasteiger partial charge in [0.25, 0.3) is 0 Å². The SMILES string of the molecule is CC(NC(=O)CCCCl)C(=O)NC1CC1. The molecule has 1 aliphatic rings. The highest BCUT2D eigenvalue weighted by Gasteiger charge is 2.25. The summed E-state index contributed by atoms with van der Waals surface area (Å²) in [6.07, 6.45) is 3.13. The van der Waals surface area contributed by atoms with E-state index in [2.05, 4.69) is 10.6 Å². The molecule has 2 amide bonds. The van der Waals surface area contributed by atoms with Gasteiger partial charge >= 0.3 is 0 Å². The standard InChI is InChI=1S/C10H17ClN2O2/c1-7(10(15)13-8-4-5-8)12-9(14)3-2-6-11/h7-8H,2-6H2,1H3,(H,12,14)(H,13,15). The van der Waals surface area contributed by atoms with E-state index in [0.29, 0.717) is 24.8 Å². The molecule has 0 heterocycles. The van der Waals surface area contributed by atoms with Gasteiger partial charge in [0, 0.05) is 18.3 Å². The Kier molecular flexibility index (Phi) is 4.88. The van der Waals surface area contributed by atoms with Crippen molar-refractivity contribution < 1.29 is 9.59 Å². The van der Waals surface area contributed by atoms with Crippen molar-refractivity contribution >= 4 is 23.4 Å². The smallest absolute Gasteiger partial charge is 0.242 e. The van der Waals surface area contributed by atoms with Crippen LogP contribution in [0.2, 0.25) is 0 Å². The normalized spacial score (nSPS) is 16.9. The highest BCUT2D eigenvalue weighted by Crippen LogP contribution is 2.18. The molecule has 0 radical (unpaired) electrons. The lowest BCUT2D eigenvalue weighted by atomic mass is 10.2. The summed E-state index contributed by atoms with van der Waals surface area (Å²) < 4.78 is 0. The first-order valence-corrected chi connectivity index (χ1v) is 5.82. The average molecular weight is 233 g/mol. The van der Waals surface area contributed by atoms with Crippen molar-refractivity contribution in [3.8, 4) is 0 Å². The molecule has 1 fully saturated rings. The third-order valence-corrected chi connectivity index (χ3v) is 2.50. The number of carbonyl (C=O) groups is 2. The molecule has 15 heavy (non-hydrogen) atoms. The lowest BCUT2D eigenvalue weighted by molar-refractivity contribution is -0.128. The molecule has 1 unspecified atom stereocenters. The predicted octanol–water partition coefficient (Wildman–Crippen LogP) is 0.789. The molecule has 1 saturated carbocycles. The van der Waals surface area contributed by atoms with Crippen LogP contribution in [0.3, 0.4) is 0 Å². The van der Waals surface area contributed by atoms with Gasteiger partial charge in [-0.25, -0.2) is 0 Å². The first-order chi connectivity index (χ1) is 7.13. The minimum atomic E-state index is -0.451. The molecular weight excluding hydrogens is 216 g/mol. The Hall–Kier alpha value is -0.770. The first kappa shape index (κ1) is 12.3. The Bertz CT molecular complexity index is 242. The van der Waals surface area contributed by atoms with Crippen LogP contribution in [0, 0.1) is 0 Å². The van der Waals surface area contributed by atoms with Gasteiger partial charge < -0.3 is 10.6 Å². The van der Waals surface area contributed by atoms with E-state index in [4.69, 9.17) is 11.6 Å². The minimum Gasteiger partial charge on any atom is -0.352 e. The average Bonchev–Trinajstić information content (AvgIpc) is 2.98. The molecule has 0 aliphatic heterocycles. The molecule has 2 N–H and O–H groups in total. The van der Waals surface area contributed by atoms with Gasteiger partial charge in [-0.05, 0) is 26.2 Å². The second-order valence-corrected chi connectivity index (χ2v) is 4.24. The quantitative estimate of drug-likeness (QED) is 0.666. The van der Waals surface area contributed by atoms with Gasteiger partial charge in [-0.1, -0.05) is 0 Å². The van der Waals surface area contributed by atoms with E-state index in [0.717, 1.165) is 12.8 Å². The van der Waals surface area contributed by atoms with Crippen molar-refractivity contribution in [1.29, 1.82) is 0 Å². The zero-order valence-corrected chi connectivity index (χ0v) is 9.64. The fraction of sp³-hybridized carbons (Fsp3) is 0.800. The van der Waals surface area contributed by atoms with E-state index < -0.39 is 6.04 Å². The molecule has 0 spiro atoms. The summed E-state index contributed by atoms with van der Waals surface area (Å²) in [4.78, 5) is 22.7. The fourth-order valence-electron chi connectivity index (χ4n) is 1.16. The Balaban J connectivity index is 2.17. The summed E-state index contributed by atoms with van der Waals surface area (Å²) >= 11 is 5.46. The lowest BCUT2D eigenvalue weighted by Gasteiger charge is -2.13. The first-order valence-electron chi connectivity index (χ1n) is 5.29. The molecule has 0 saturated heterocycles. The lowest BCUT2D eigenvalue weighted by Crippen LogP contribution is -2.45. The highest BCUT2D eigenvalue weighted by atomic mass is 35.5. The van der Waals surface area contributed by atoms with Crippen molar-refractivity contribution in [3.63, 3.8) is 0 Å². The van der Waals surface area contributed by atoms with E-state index in [1.165, 1.54) is 0 Å². The molecule has 4 nitrogen and oxygen atoms in total. The number of hydrogen-bond acceptors (Lipinski definition) is 2. The maximum Gasteiger partial charge on any atom is 0.242 e. The van der Waals surface area contributed by atoms with Crippen molar-refractivity contribution in [3.05, 3.63) is 0 Å². The summed E-state index contributed by atoms with van der Waals surface area (Å²) in [5, 5.41) is 5.47. The van der Waals surface area contributed by atoms with Crippen LogP contribution in [0.4, 0.5) is 0 Å². The Labute approximate surface area is 94.7 Å². The van der Waals surface area contributed by atoms with Crippen LogP contribution in [0.15, 0.2) is 0 Å². The van der Waals surface area contributed by atoms with Gasteiger partial charge in [0.2, 0.25) is 11.8 Å². The number of rotatable bonds is 6. The number of halogens is 1. The number of amides is 2. The third kappa shape index (κ3) is 5.02. The molecule has 1 aliphatic carbocycles. The van der Waals surface area contributed by atoms with Gasteiger partial charge in [-0.15, -0.1) is 11.6 Å². The second kappa shape index (κ2) is 5.95. The minimum absolute atomic E-state index is 0.100. The maximum absolute atomic E-state index is 11.5. The van der Waals surface area contributed by atoms with Crippen LogP contribution < -0.4 is 10.6 Å². The van der Waals surface area contributed by atoms with E-state index in [1.807, 2.05) is 0 Å². The van der Waals surface area contributed by atoms with Crippen LogP contribution in [-0.2, 0) is 9.59 Å². The Morgan fingerprint density at radius 2 is 2.13 bits per heavy atom. The van der Waals surface area contributed by atoms with E-state index in [9.17, 15) is 9.59 Å². The zero-order valence-electron chi connectivity index (χ0n) is 8.88. The van der Waals surface area contributed by atoms with Gasteiger partial charge in [0.15, 0.2) is 0 Å². The molecule has 0 aromatic carbocycles. The molecule has 86 valence electrons. The maximum atomic E-state index is 11.5. The topological polar surface area (TPSA) is 58.2 Å².